The number of halogens is 1. The number of carbonyl (C=O) groups excluding carboxylic acids is 2. The van der Waals surface area contributed by atoms with Crippen LogP contribution < -0.4 is 5.32 Å². The molecular weight excluding hydrogens is 282 g/mol. The number of aromatic nitrogens is 1. The standard InChI is InChI=1S/C13H16ClN3O3/c1-8-5-10(14)9(6-16-8)13(19)17-3-4-20-7-11(17)12(18)15-2/h5-6,11H,3-4,7H2,1-2H3,(H,15,18). The van der Waals surface area contributed by atoms with Crippen molar-refractivity contribution in [1.29, 1.82) is 0 Å². The van der Waals surface area contributed by atoms with Gasteiger partial charge in [0.1, 0.15) is 6.04 Å². The van der Waals surface area contributed by atoms with Crippen molar-refractivity contribution in [3.05, 3.63) is 28.5 Å². The highest BCUT2D eigenvalue weighted by Crippen LogP contribution is 2.20. The van der Waals surface area contributed by atoms with Gasteiger partial charge in [0, 0.05) is 25.5 Å². The maximum atomic E-state index is 12.5. The predicted octanol–water partition coefficient (Wildman–Crippen LogP) is 0.630. The smallest absolute Gasteiger partial charge is 0.257 e. The molecule has 2 rings (SSSR count). The highest BCUT2D eigenvalue weighted by atomic mass is 35.5. The Morgan fingerprint density at radius 2 is 2.30 bits per heavy atom. The van der Waals surface area contributed by atoms with E-state index in [0.717, 1.165) is 5.69 Å². The molecule has 0 spiro atoms. The number of ether oxygens (including phenoxy) is 1. The molecule has 0 bridgehead atoms. The van der Waals surface area contributed by atoms with Crippen molar-refractivity contribution in [3.8, 4) is 0 Å². The van der Waals surface area contributed by atoms with Crippen LogP contribution in [0.5, 0.6) is 0 Å². The monoisotopic (exact) mass is 297 g/mol. The van der Waals surface area contributed by atoms with E-state index in [1.165, 1.54) is 18.1 Å². The largest absolute Gasteiger partial charge is 0.377 e. The summed E-state index contributed by atoms with van der Waals surface area (Å²) in [7, 11) is 1.53. The number of rotatable bonds is 2. The molecule has 1 aromatic heterocycles. The van der Waals surface area contributed by atoms with Crippen LogP contribution in [0, 0.1) is 6.92 Å². The Hall–Kier alpha value is -1.66. The second kappa shape index (κ2) is 6.19. The normalized spacial score (nSPS) is 18.8. The maximum Gasteiger partial charge on any atom is 0.257 e. The van der Waals surface area contributed by atoms with Crippen LogP contribution >= 0.6 is 11.6 Å². The molecule has 1 fully saturated rings. The van der Waals surface area contributed by atoms with Gasteiger partial charge in [-0.25, -0.2) is 0 Å². The van der Waals surface area contributed by atoms with Gasteiger partial charge in [-0.15, -0.1) is 0 Å². The molecule has 0 saturated carbocycles. The molecule has 6 nitrogen and oxygen atoms in total. The van der Waals surface area contributed by atoms with Crippen molar-refractivity contribution < 1.29 is 14.3 Å². The van der Waals surface area contributed by atoms with E-state index in [1.807, 2.05) is 0 Å². The molecule has 1 aromatic rings. The molecular formula is C13H16ClN3O3. The number of carbonyl (C=O) groups is 2. The summed E-state index contributed by atoms with van der Waals surface area (Å²) in [5.74, 6) is -0.561. The third kappa shape index (κ3) is 2.91. The van der Waals surface area contributed by atoms with E-state index in [-0.39, 0.29) is 18.4 Å². The summed E-state index contributed by atoms with van der Waals surface area (Å²) in [5.41, 5.74) is 1.03. The third-order valence-electron chi connectivity index (χ3n) is 3.16. The summed E-state index contributed by atoms with van der Waals surface area (Å²) < 4.78 is 5.27. The Bertz CT molecular complexity index is 536. The lowest BCUT2D eigenvalue weighted by molar-refractivity contribution is -0.130. The van der Waals surface area contributed by atoms with E-state index >= 15 is 0 Å². The molecule has 20 heavy (non-hydrogen) atoms. The highest BCUT2D eigenvalue weighted by Gasteiger charge is 2.33. The fourth-order valence-corrected chi connectivity index (χ4v) is 2.36. The summed E-state index contributed by atoms with van der Waals surface area (Å²) in [4.78, 5) is 29.9. The molecule has 1 saturated heterocycles. The van der Waals surface area contributed by atoms with Gasteiger partial charge in [-0.3, -0.25) is 14.6 Å². The van der Waals surface area contributed by atoms with E-state index in [0.29, 0.717) is 23.7 Å². The van der Waals surface area contributed by atoms with Crippen LogP contribution in [-0.2, 0) is 9.53 Å². The number of nitrogens with one attached hydrogen (secondary N) is 1. The fraction of sp³-hybridized carbons (Fsp3) is 0.462. The summed E-state index contributed by atoms with van der Waals surface area (Å²) in [6.45, 7) is 2.72. The van der Waals surface area contributed by atoms with Gasteiger partial charge in [0.2, 0.25) is 5.91 Å². The average Bonchev–Trinajstić information content (AvgIpc) is 2.46. The average molecular weight is 298 g/mol. The Kier molecular flexibility index (Phi) is 4.57. The number of aryl methyl sites for hydroxylation is 1. The number of morpholine rings is 1. The van der Waals surface area contributed by atoms with Crippen LogP contribution in [0.1, 0.15) is 16.1 Å². The van der Waals surface area contributed by atoms with Gasteiger partial charge in [0.15, 0.2) is 0 Å². The molecule has 1 atom stereocenters. The van der Waals surface area contributed by atoms with E-state index in [2.05, 4.69) is 10.3 Å². The molecule has 0 aromatic carbocycles. The van der Waals surface area contributed by atoms with Gasteiger partial charge in [0.25, 0.3) is 5.91 Å². The summed E-state index contributed by atoms with van der Waals surface area (Å²) in [6, 6.07) is 0.989. The topological polar surface area (TPSA) is 71.5 Å². The van der Waals surface area contributed by atoms with Crippen LogP contribution in [0.25, 0.3) is 0 Å². The zero-order chi connectivity index (χ0) is 14.7. The number of pyridine rings is 1. The van der Waals surface area contributed by atoms with Crippen LogP contribution in [0.15, 0.2) is 12.3 Å². The van der Waals surface area contributed by atoms with Crippen molar-refractivity contribution in [1.82, 2.24) is 15.2 Å². The van der Waals surface area contributed by atoms with Crippen molar-refractivity contribution in [2.24, 2.45) is 0 Å². The first-order valence-electron chi connectivity index (χ1n) is 6.27. The molecule has 108 valence electrons. The van der Waals surface area contributed by atoms with Gasteiger partial charge in [-0.1, -0.05) is 11.6 Å². The molecule has 1 N–H and O–H groups in total. The second-order valence-electron chi connectivity index (χ2n) is 4.51. The van der Waals surface area contributed by atoms with E-state index in [9.17, 15) is 9.59 Å². The first kappa shape index (κ1) is 14.7. The van der Waals surface area contributed by atoms with Crippen LogP contribution in [0.3, 0.4) is 0 Å². The van der Waals surface area contributed by atoms with Crippen molar-refractivity contribution in [3.63, 3.8) is 0 Å². The van der Waals surface area contributed by atoms with Gasteiger partial charge in [-0.05, 0) is 13.0 Å². The SMILES string of the molecule is CNC(=O)C1COCCN1C(=O)c1cnc(C)cc1Cl. The van der Waals surface area contributed by atoms with Crippen molar-refractivity contribution in [2.75, 3.05) is 26.8 Å². The molecule has 7 heteroatoms. The Balaban J connectivity index is 2.27. The third-order valence-corrected chi connectivity index (χ3v) is 3.47. The summed E-state index contributed by atoms with van der Waals surface area (Å²) in [5, 5.41) is 2.87. The minimum absolute atomic E-state index is 0.183. The first-order chi connectivity index (χ1) is 9.54. The predicted molar refractivity (Wildman–Crippen MR) is 73.7 cm³/mol. The molecule has 2 amide bonds. The summed E-state index contributed by atoms with van der Waals surface area (Å²) in [6.07, 6.45) is 1.44. The molecule has 1 aliphatic rings. The fourth-order valence-electron chi connectivity index (χ4n) is 2.07. The van der Waals surface area contributed by atoms with E-state index in [4.69, 9.17) is 16.3 Å². The van der Waals surface area contributed by atoms with E-state index < -0.39 is 6.04 Å². The number of hydrogen-bond donors (Lipinski definition) is 1. The number of amides is 2. The molecule has 0 radical (unpaired) electrons. The van der Waals surface area contributed by atoms with Crippen LogP contribution in [-0.4, -0.2) is 54.5 Å². The molecule has 2 heterocycles. The Morgan fingerprint density at radius 3 is 2.95 bits per heavy atom. The molecule has 0 aliphatic carbocycles. The maximum absolute atomic E-state index is 12.5. The number of hydrogen-bond acceptors (Lipinski definition) is 4. The summed E-state index contributed by atoms with van der Waals surface area (Å²) >= 11 is 6.09. The molecule has 1 unspecified atom stereocenters. The zero-order valence-electron chi connectivity index (χ0n) is 11.4. The second-order valence-corrected chi connectivity index (χ2v) is 4.92. The molecule has 1 aliphatic heterocycles. The van der Waals surface area contributed by atoms with Crippen molar-refractivity contribution in [2.45, 2.75) is 13.0 Å². The number of likely N-dealkylation sites (N-methyl/N-ethyl adjacent to an activating group) is 1. The minimum Gasteiger partial charge on any atom is -0.377 e. The lowest BCUT2D eigenvalue weighted by atomic mass is 10.1. The van der Waals surface area contributed by atoms with Crippen LogP contribution in [0.4, 0.5) is 0 Å². The van der Waals surface area contributed by atoms with E-state index in [1.54, 1.807) is 13.0 Å². The zero-order valence-corrected chi connectivity index (χ0v) is 12.1. The lowest BCUT2D eigenvalue weighted by Gasteiger charge is -2.34. The van der Waals surface area contributed by atoms with Gasteiger partial charge in [0.05, 0.1) is 23.8 Å². The number of nitrogens with zero attached hydrogens (tertiary/aromatic N) is 2. The lowest BCUT2D eigenvalue weighted by Crippen LogP contribution is -2.55. The Morgan fingerprint density at radius 1 is 1.55 bits per heavy atom. The van der Waals surface area contributed by atoms with Gasteiger partial charge in [-0.2, -0.15) is 0 Å². The Labute approximate surface area is 122 Å². The highest BCUT2D eigenvalue weighted by molar-refractivity contribution is 6.33. The van der Waals surface area contributed by atoms with Crippen LogP contribution in [0.2, 0.25) is 5.02 Å². The van der Waals surface area contributed by atoms with Gasteiger partial charge < -0.3 is 15.0 Å². The first-order valence-corrected chi connectivity index (χ1v) is 6.65. The van der Waals surface area contributed by atoms with Crippen molar-refractivity contribution >= 4 is 23.4 Å². The minimum atomic E-state index is -0.640. The quantitative estimate of drug-likeness (QED) is 0.869. The van der Waals surface area contributed by atoms with Gasteiger partial charge >= 0.3 is 0 Å².